The highest BCUT2D eigenvalue weighted by molar-refractivity contribution is 7.99. The van der Waals surface area contributed by atoms with Gasteiger partial charge in [0.05, 0.1) is 12.9 Å². The van der Waals surface area contributed by atoms with Gasteiger partial charge in [-0.1, -0.05) is 49.4 Å². The van der Waals surface area contributed by atoms with E-state index in [1.165, 1.54) is 0 Å². The number of carbonyl (C=O) groups is 2. The van der Waals surface area contributed by atoms with Crippen LogP contribution in [0.15, 0.2) is 54.6 Å². The lowest BCUT2D eigenvalue weighted by molar-refractivity contribution is -0.138. The molecule has 30 heavy (non-hydrogen) atoms. The van der Waals surface area contributed by atoms with Gasteiger partial charge in [0.25, 0.3) is 0 Å². The van der Waals surface area contributed by atoms with Crippen LogP contribution in [0.5, 0.6) is 5.75 Å². The monoisotopic (exact) mass is 428 g/mol. The van der Waals surface area contributed by atoms with Crippen molar-refractivity contribution in [3.05, 3.63) is 65.7 Å². The van der Waals surface area contributed by atoms with Crippen LogP contribution in [-0.4, -0.2) is 48.7 Å². The second kappa shape index (κ2) is 13.0. The summed E-state index contributed by atoms with van der Waals surface area (Å²) in [7, 11) is 1.64. The highest BCUT2D eigenvalue weighted by Crippen LogP contribution is 2.18. The highest BCUT2D eigenvalue weighted by Gasteiger charge is 2.27. The molecule has 0 bridgehead atoms. The quantitative estimate of drug-likeness (QED) is 0.557. The van der Waals surface area contributed by atoms with Gasteiger partial charge in [0.1, 0.15) is 11.8 Å². The Morgan fingerprint density at radius 2 is 1.73 bits per heavy atom. The number of benzene rings is 2. The van der Waals surface area contributed by atoms with Crippen LogP contribution >= 0.6 is 11.8 Å². The van der Waals surface area contributed by atoms with Crippen LogP contribution in [0.2, 0.25) is 0 Å². The molecule has 0 aliphatic heterocycles. The standard InChI is InChI=1S/C24H32N2O3S/c1-4-22(24(28)25-5-2)26(16-15-19-9-7-6-8-10-19)23(27)18-30-17-20-11-13-21(29-3)14-12-20/h6-14,22H,4-5,15-18H2,1-3H3,(H,25,28)/t22-/m1/s1. The molecule has 0 spiro atoms. The molecule has 0 heterocycles. The first-order valence-electron chi connectivity index (χ1n) is 10.4. The van der Waals surface area contributed by atoms with E-state index in [-0.39, 0.29) is 11.8 Å². The van der Waals surface area contributed by atoms with Crippen molar-refractivity contribution in [1.82, 2.24) is 10.2 Å². The molecule has 6 heteroatoms. The van der Waals surface area contributed by atoms with Crippen molar-refractivity contribution in [2.24, 2.45) is 0 Å². The van der Waals surface area contributed by atoms with Gasteiger partial charge in [0, 0.05) is 18.8 Å². The molecule has 2 aromatic carbocycles. The number of hydrogen-bond donors (Lipinski definition) is 1. The molecule has 0 saturated carbocycles. The third-order valence-corrected chi connectivity index (χ3v) is 5.86. The fraction of sp³-hybridized carbons (Fsp3) is 0.417. The molecule has 2 rings (SSSR count). The molecular formula is C24H32N2O3S. The van der Waals surface area contributed by atoms with Crippen LogP contribution in [0, 0.1) is 0 Å². The number of nitrogens with one attached hydrogen (secondary N) is 1. The molecule has 2 amide bonds. The zero-order valence-electron chi connectivity index (χ0n) is 18.1. The Balaban J connectivity index is 2.01. The van der Waals surface area contributed by atoms with Crippen molar-refractivity contribution in [3.63, 3.8) is 0 Å². The lowest BCUT2D eigenvalue weighted by atomic mass is 10.1. The maximum Gasteiger partial charge on any atom is 0.242 e. The molecule has 1 N–H and O–H groups in total. The molecule has 1 atom stereocenters. The number of ether oxygens (including phenoxy) is 1. The maximum absolute atomic E-state index is 13.1. The smallest absolute Gasteiger partial charge is 0.242 e. The summed E-state index contributed by atoms with van der Waals surface area (Å²) in [4.78, 5) is 27.4. The van der Waals surface area contributed by atoms with E-state index in [2.05, 4.69) is 5.32 Å². The zero-order chi connectivity index (χ0) is 21.8. The average Bonchev–Trinajstić information content (AvgIpc) is 2.77. The molecule has 0 unspecified atom stereocenters. The molecule has 162 valence electrons. The number of carbonyl (C=O) groups excluding carboxylic acids is 2. The molecule has 0 aliphatic carbocycles. The van der Waals surface area contributed by atoms with E-state index in [0.29, 0.717) is 25.3 Å². The van der Waals surface area contributed by atoms with Gasteiger partial charge in [0.15, 0.2) is 0 Å². The predicted octanol–water partition coefficient (Wildman–Crippen LogP) is 3.91. The molecule has 2 aromatic rings. The van der Waals surface area contributed by atoms with Crippen LogP contribution in [0.4, 0.5) is 0 Å². The van der Waals surface area contributed by atoms with Gasteiger partial charge < -0.3 is 15.0 Å². The highest BCUT2D eigenvalue weighted by atomic mass is 32.2. The number of likely N-dealkylation sites (N-methyl/N-ethyl adjacent to an activating group) is 1. The van der Waals surface area contributed by atoms with E-state index >= 15 is 0 Å². The van der Waals surface area contributed by atoms with E-state index in [1.807, 2.05) is 68.4 Å². The minimum absolute atomic E-state index is 0.00236. The molecule has 0 aromatic heterocycles. The summed E-state index contributed by atoms with van der Waals surface area (Å²) in [6, 6.07) is 17.5. The summed E-state index contributed by atoms with van der Waals surface area (Å²) in [5, 5.41) is 2.87. The van der Waals surface area contributed by atoms with Gasteiger partial charge in [0.2, 0.25) is 11.8 Å². The van der Waals surface area contributed by atoms with Crippen molar-refractivity contribution in [3.8, 4) is 5.75 Å². The number of thioether (sulfide) groups is 1. The average molecular weight is 429 g/mol. The van der Waals surface area contributed by atoms with Crippen molar-refractivity contribution in [2.45, 2.75) is 38.5 Å². The van der Waals surface area contributed by atoms with E-state index in [1.54, 1.807) is 23.8 Å². The van der Waals surface area contributed by atoms with Gasteiger partial charge in [-0.3, -0.25) is 9.59 Å². The van der Waals surface area contributed by atoms with Crippen molar-refractivity contribution in [1.29, 1.82) is 0 Å². The third kappa shape index (κ3) is 7.41. The minimum atomic E-state index is -0.442. The summed E-state index contributed by atoms with van der Waals surface area (Å²) in [5.41, 5.74) is 2.30. The van der Waals surface area contributed by atoms with E-state index in [0.717, 1.165) is 29.1 Å². The number of rotatable bonds is 12. The number of nitrogens with zero attached hydrogens (tertiary/aromatic N) is 1. The largest absolute Gasteiger partial charge is 0.497 e. The van der Waals surface area contributed by atoms with Gasteiger partial charge in [-0.2, -0.15) is 0 Å². The van der Waals surface area contributed by atoms with Crippen LogP contribution in [0.25, 0.3) is 0 Å². The van der Waals surface area contributed by atoms with Gasteiger partial charge in [-0.15, -0.1) is 11.8 Å². The van der Waals surface area contributed by atoms with Crippen molar-refractivity contribution in [2.75, 3.05) is 26.0 Å². The molecule has 0 saturated heterocycles. The van der Waals surface area contributed by atoms with Crippen molar-refractivity contribution < 1.29 is 14.3 Å². The van der Waals surface area contributed by atoms with Gasteiger partial charge >= 0.3 is 0 Å². The lowest BCUT2D eigenvalue weighted by Crippen LogP contribution is -2.50. The normalized spacial score (nSPS) is 11.6. The number of hydrogen-bond acceptors (Lipinski definition) is 4. The number of methoxy groups -OCH3 is 1. The Morgan fingerprint density at radius 1 is 1.03 bits per heavy atom. The Hall–Kier alpha value is -2.47. The second-order valence-corrected chi connectivity index (χ2v) is 7.97. The molecular weight excluding hydrogens is 396 g/mol. The Bertz CT molecular complexity index is 781. The first kappa shape index (κ1) is 23.8. The summed E-state index contributed by atoms with van der Waals surface area (Å²) in [5.74, 6) is 1.82. The summed E-state index contributed by atoms with van der Waals surface area (Å²) in [6.07, 6.45) is 1.32. The maximum atomic E-state index is 13.1. The Kier molecular flexibility index (Phi) is 10.3. The van der Waals surface area contributed by atoms with Gasteiger partial charge in [-0.25, -0.2) is 0 Å². The Morgan fingerprint density at radius 3 is 2.33 bits per heavy atom. The van der Waals surface area contributed by atoms with Crippen LogP contribution in [-0.2, 0) is 21.8 Å². The van der Waals surface area contributed by atoms with Crippen LogP contribution in [0.1, 0.15) is 31.4 Å². The number of amides is 2. The topological polar surface area (TPSA) is 58.6 Å². The molecule has 0 aliphatic rings. The van der Waals surface area contributed by atoms with E-state index in [9.17, 15) is 9.59 Å². The molecule has 0 fully saturated rings. The SMILES string of the molecule is CCNC(=O)[C@@H](CC)N(CCc1ccccc1)C(=O)CSCc1ccc(OC)cc1. The molecule has 5 nitrogen and oxygen atoms in total. The summed E-state index contributed by atoms with van der Waals surface area (Å²) < 4.78 is 5.18. The minimum Gasteiger partial charge on any atom is -0.497 e. The fourth-order valence-electron chi connectivity index (χ4n) is 3.25. The summed E-state index contributed by atoms with van der Waals surface area (Å²) in [6.45, 7) is 4.93. The van der Waals surface area contributed by atoms with Crippen molar-refractivity contribution >= 4 is 23.6 Å². The lowest BCUT2D eigenvalue weighted by Gasteiger charge is -2.30. The Labute approximate surface area is 184 Å². The first-order valence-corrected chi connectivity index (χ1v) is 11.6. The second-order valence-electron chi connectivity index (χ2n) is 6.98. The van der Waals surface area contributed by atoms with Gasteiger partial charge in [-0.05, 0) is 43.0 Å². The van der Waals surface area contributed by atoms with Crippen LogP contribution < -0.4 is 10.1 Å². The summed E-state index contributed by atoms with van der Waals surface area (Å²) >= 11 is 1.57. The zero-order valence-corrected chi connectivity index (χ0v) is 18.9. The fourth-order valence-corrected chi connectivity index (χ4v) is 4.12. The predicted molar refractivity (Wildman–Crippen MR) is 124 cm³/mol. The molecule has 0 radical (unpaired) electrons. The first-order chi connectivity index (χ1) is 14.6. The van der Waals surface area contributed by atoms with E-state index < -0.39 is 6.04 Å². The van der Waals surface area contributed by atoms with Crippen LogP contribution in [0.3, 0.4) is 0 Å². The third-order valence-electron chi connectivity index (χ3n) is 4.87. The van der Waals surface area contributed by atoms with E-state index in [4.69, 9.17) is 4.74 Å².